The van der Waals surface area contributed by atoms with Gasteiger partial charge in [0.05, 0.1) is 0 Å². The molecular weight excluding hydrogens is 186 g/mol. The van der Waals surface area contributed by atoms with E-state index in [1.165, 1.54) is 6.08 Å². The lowest BCUT2D eigenvalue weighted by Gasteiger charge is -2.17. The van der Waals surface area contributed by atoms with Crippen LogP contribution in [0.3, 0.4) is 0 Å². The largest absolute Gasteiger partial charge is 0.479 e. The van der Waals surface area contributed by atoms with Gasteiger partial charge in [-0.25, -0.2) is 9.59 Å². The molecule has 1 amide bonds. The molecule has 1 atom stereocenters. The van der Waals surface area contributed by atoms with Crippen LogP contribution >= 0.6 is 0 Å². The van der Waals surface area contributed by atoms with Crippen molar-refractivity contribution in [2.45, 2.75) is 12.5 Å². The van der Waals surface area contributed by atoms with E-state index in [1.54, 1.807) is 6.08 Å². The van der Waals surface area contributed by atoms with E-state index in [2.05, 4.69) is 6.58 Å². The molecule has 14 heavy (non-hydrogen) atoms. The zero-order valence-electron chi connectivity index (χ0n) is 7.51. The molecule has 1 aliphatic heterocycles. The van der Waals surface area contributed by atoms with Crippen LogP contribution in [0.15, 0.2) is 24.3 Å². The van der Waals surface area contributed by atoms with E-state index < -0.39 is 18.1 Å². The number of hydrogen-bond acceptors (Lipinski definition) is 2. The number of hydrogen-bond donors (Lipinski definition) is 2. The minimum absolute atomic E-state index is 0.151. The Morgan fingerprint density at radius 1 is 1.64 bits per heavy atom. The minimum Gasteiger partial charge on any atom is -0.479 e. The molecule has 76 valence electrons. The van der Waals surface area contributed by atoms with E-state index in [-0.39, 0.29) is 6.54 Å². The van der Waals surface area contributed by atoms with E-state index in [0.29, 0.717) is 6.42 Å². The minimum atomic E-state index is -1.22. The maximum absolute atomic E-state index is 10.7. The Balaban J connectivity index is 2.81. The van der Waals surface area contributed by atoms with Gasteiger partial charge in [0.1, 0.15) is 0 Å². The Labute approximate surface area is 80.9 Å². The summed E-state index contributed by atoms with van der Waals surface area (Å²) in [5.41, 5.74) is 0.773. The average Bonchev–Trinajstić information content (AvgIpc) is 2.49. The molecule has 0 radical (unpaired) electrons. The van der Waals surface area contributed by atoms with Crippen LogP contribution < -0.4 is 0 Å². The number of carbonyl (C=O) groups is 2. The summed E-state index contributed by atoms with van der Waals surface area (Å²) >= 11 is 0. The second kappa shape index (κ2) is 3.95. The first kappa shape index (κ1) is 10.3. The number of aliphatic carboxylic acids is 1. The van der Waals surface area contributed by atoms with Gasteiger partial charge in [-0.1, -0.05) is 6.08 Å². The third-order valence-corrected chi connectivity index (χ3v) is 2.01. The van der Waals surface area contributed by atoms with Gasteiger partial charge in [-0.2, -0.15) is 0 Å². The van der Waals surface area contributed by atoms with Gasteiger partial charge < -0.3 is 10.2 Å². The summed E-state index contributed by atoms with van der Waals surface area (Å²) in [6.45, 7) is 3.66. The average molecular weight is 197 g/mol. The van der Waals surface area contributed by atoms with Gasteiger partial charge in [-0.3, -0.25) is 4.90 Å². The number of allylic oxidation sites excluding steroid dienone is 1. The lowest BCUT2D eigenvalue weighted by atomic mass is 10.2. The topological polar surface area (TPSA) is 77.8 Å². The summed E-state index contributed by atoms with van der Waals surface area (Å²) in [5.74, 6) is -1.15. The maximum atomic E-state index is 10.7. The number of carboxylic acids is 1. The standard InChI is InChI=1S/C9H11NO4/c1-2-3-6-4-7(8(11)12)10(5-6)9(13)14/h2,4,7H,1,3,5H2,(H,11,12)(H,13,14). The van der Waals surface area contributed by atoms with Crippen LogP contribution in [0.4, 0.5) is 4.79 Å². The van der Waals surface area contributed by atoms with Crippen LogP contribution in [-0.2, 0) is 4.79 Å². The molecule has 0 saturated carbocycles. The fraction of sp³-hybridized carbons (Fsp3) is 0.333. The quantitative estimate of drug-likeness (QED) is 0.660. The second-order valence-electron chi connectivity index (χ2n) is 3.01. The molecule has 0 aromatic rings. The highest BCUT2D eigenvalue weighted by Crippen LogP contribution is 2.19. The highest BCUT2D eigenvalue weighted by Gasteiger charge is 2.33. The van der Waals surface area contributed by atoms with Crippen LogP contribution in [0, 0.1) is 0 Å². The predicted molar refractivity (Wildman–Crippen MR) is 49.1 cm³/mol. The van der Waals surface area contributed by atoms with Gasteiger partial charge >= 0.3 is 12.1 Å². The number of rotatable bonds is 3. The van der Waals surface area contributed by atoms with Gasteiger partial charge in [0.25, 0.3) is 0 Å². The number of carboxylic acid groups (broad SMARTS) is 2. The first-order valence-corrected chi connectivity index (χ1v) is 4.09. The van der Waals surface area contributed by atoms with Crippen molar-refractivity contribution >= 4 is 12.1 Å². The van der Waals surface area contributed by atoms with Gasteiger partial charge in [0.2, 0.25) is 0 Å². The summed E-state index contributed by atoms with van der Waals surface area (Å²) in [7, 11) is 0. The molecule has 0 aliphatic carbocycles. The van der Waals surface area contributed by atoms with Crippen LogP contribution in [0.1, 0.15) is 6.42 Å². The van der Waals surface area contributed by atoms with Crippen molar-refractivity contribution in [1.82, 2.24) is 4.90 Å². The zero-order chi connectivity index (χ0) is 10.7. The Morgan fingerprint density at radius 2 is 2.29 bits per heavy atom. The van der Waals surface area contributed by atoms with Crippen LogP contribution in [0.5, 0.6) is 0 Å². The lowest BCUT2D eigenvalue weighted by Crippen LogP contribution is -2.40. The van der Waals surface area contributed by atoms with Gasteiger partial charge in [-0.15, -0.1) is 6.58 Å². The molecule has 1 unspecified atom stereocenters. The molecular formula is C9H11NO4. The summed E-state index contributed by atoms with van der Waals surface area (Å²) in [4.78, 5) is 22.3. The fourth-order valence-electron chi connectivity index (χ4n) is 1.39. The van der Waals surface area contributed by atoms with E-state index in [9.17, 15) is 9.59 Å². The van der Waals surface area contributed by atoms with Crippen molar-refractivity contribution in [2.75, 3.05) is 6.54 Å². The number of nitrogens with zero attached hydrogens (tertiary/aromatic N) is 1. The first-order chi connectivity index (χ1) is 6.56. The third kappa shape index (κ3) is 1.93. The van der Waals surface area contributed by atoms with E-state index in [4.69, 9.17) is 10.2 Å². The lowest BCUT2D eigenvalue weighted by molar-refractivity contribution is -0.140. The summed E-state index contributed by atoms with van der Waals surface area (Å²) in [6, 6.07) is -1.05. The van der Waals surface area contributed by atoms with Crippen LogP contribution in [0.2, 0.25) is 0 Å². The molecule has 0 fully saturated rings. The second-order valence-corrected chi connectivity index (χ2v) is 3.01. The van der Waals surface area contributed by atoms with Crippen LogP contribution in [0.25, 0.3) is 0 Å². The Morgan fingerprint density at radius 3 is 2.64 bits per heavy atom. The van der Waals surface area contributed by atoms with Gasteiger partial charge in [0, 0.05) is 6.54 Å². The molecule has 1 aliphatic rings. The van der Waals surface area contributed by atoms with E-state index >= 15 is 0 Å². The Kier molecular flexibility index (Phi) is 2.91. The molecule has 1 heterocycles. The molecule has 2 N–H and O–H groups in total. The zero-order valence-corrected chi connectivity index (χ0v) is 7.51. The van der Waals surface area contributed by atoms with Crippen molar-refractivity contribution in [2.24, 2.45) is 0 Å². The molecule has 0 aromatic carbocycles. The molecule has 5 heteroatoms. The molecule has 5 nitrogen and oxygen atoms in total. The normalized spacial score (nSPS) is 20.4. The SMILES string of the molecule is C=CCC1=CC(C(=O)O)N(C(=O)O)C1. The Hall–Kier alpha value is -1.78. The highest BCUT2D eigenvalue weighted by molar-refractivity contribution is 5.82. The predicted octanol–water partition coefficient (Wildman–Crippen LogP) is 0.936. The molecule has 1 rings (SSSR count). The Bertz CT molecular complexity index is 308. The summed E-state index contributed by atoms with van der Waals surface area (Å²) in [6.07, 6.45) is 2.38. The monoisotopic (exact) mass is 197 g/mol. The summed E-state index contributed by atoms with van der Waals surface area (Å²) in [5, 5.41) is 17.5. The maximum Gasteiger partial charge on any atom is 0.408 e. The van der Waals surface area contributed by atoms with E-state index in [0.717, 1.165) is 10.5 Å². The van der Waals surface area contributed by atoms with Crippen molar-refractivity contribution in [3.63, 3.8) is 0 Å². The number of amides is 1. The van der Waals surface area contributed by atoms with Crippen molar-refractivity contribution in [3.8, 4) is 0 Å². The molecule has 0 bridgehead atoms. The van der Waals surface area contributed by atoms with Crippen molar-refractivity contribution in [3.05, 3.63) is 24.3 Å². The third-order valence-electron chi connectivity index (χ3n) is 2.01. The van der Waals surface area contributed by atoms with Crippen molar-refractivity contribution < 1.29 is 19.8 Å². The molecule has 0 saturated heterocycles. The first-order valence-electron chi connectivity index (χ1n) is 4.09. The highest BCUT2D eigenvalue weighted by atomic mass is 16.4. The van der Waals surface area contributed by atoms with Gasteiger partial charge in [0.15, 0.2) is 6.04 Å². The van der Waals surface area contributed by atoms with Gasteiger partial charge in [-0.05, 0) is 18.1 Å². The van der Waals surface area contributed by atoms with Crippen LogP contribution in [-0.4, -0.2) is 39.8 Å². The van der Waals surface area contributed by atoms with E-state index in [1.807, 2.05) is 0 Å². The smallest absolute Gasteiger partial charge is 0.408 e. The molecule has 0 spiro atoms. The molecule has 0 aromatic heterocycles. The summed E-state index contributed by atoms with van der Waals surface area (Å²) < 4.78 is 0. The fourth-order valence-corrected chi connectivity index (χ4v) is 1.39. The van der Waals surface area contributed by atoms with Crippen molar-refractivity contribution in [1.29, 1.82) is 0 Å².